The average Bonchev–Trinajstić information content (AvgIpc) is 2.79. The van der Waals surface area contributed by atoms with E-state index in [4.69, 9.17) is 16.0 Å². The van der Waals surface area contributed by atoms with E-state index < -0.39 is 0 Å². The summed E-state index contributed by atoms with van der Waals surface area (Å²) in [6.07, 6.45) is 6.67. The maximum atomic E-state index is 6.19. The first kappa shape index (κ1) is 10.9. The molecule has 1 aliphatic carbocycles. The number of nitrogens with one attached hydrogen (secondary N) is 1. The van der Waals surface area contributed by atoms with Gasteiger partial charge in [0.15, 0.2) is 5.42 Å². The fourth-order valence-corrected chi connectivity index (χ4v) is 2.65. The second kappa shape index (κ2) is 4.59. The second-order valence-corrected chi connectivity index (χ2v) is 4.71. The number of halogens is 1. The molecule has 0 bridgehead atoms. The first-order valence-electron chi connectivity index (χ1n) is 5.95. The molecule has 17 heavy (non-hydrogen) atoms. The van der Waals surface area contributed by atoms with Gasteiger partial charge in [-0.15, -0.1) is 0 Å². The molecular weight excluding hydrogens is 236 g/mol. The molecule has 90 valence electrons. The van der Waals surface area contributed by atoms with Gasteiger partial charge in [0, 0.05) is 43.5 Å². The van der Waals surface area contributed by atoms with Crippen molar-refractivity contribution in [3.05, 3.63) is 35.1 Å². The Kier molecular flexibility index (Phi) is 2.95. The number of rotatable bonds is 1. The fraction of sp³-hybridized carbons (Fsp3) is 0.385. The molecule has 4 heteroatoms. The zero-order chi connectivity index (χ0) is 11.7. The van der Waals surface area contributed by atoms with Crippen LogP contribution < -0.4 is 16.0 Å². The van der Waals surface area contributed by atoms with Crippen LogP contribution in [0.4, 0.5) is 0 Å². The molecule has 1 saturated heterocycles. The van der Waals surface area contributed by atoms with Gasteiger partial charge in [-0.3, -0.25) is 0 Å². The Morgan fingerprint density at radius 2 is 2.12 bits per heavy atom. The summed E-state index contributed by atoms with van der Waals surface area (Å²) >= 11 is 6.19. The number of hydrogen-bond acceptors (Lipinski definition) is 3. The molecule has 1 fully saturated rings. The minimum absolute atomic E-state index is 0.690. The van der Waals surface area contributed by atoms with Gasteiger partial charge in [0.2, 0.25) is 0 Å². The Morgan fingerprint density at radius 1 is 1.29 bits per heavy atom. The topological polar surface area (TPSA) is 28.4 Å². The van der Waals surface area contributed by atoms with Gasteiger partial charge in [-0.1, -0.05) is 17.7 Å². The summed E-state index contributed by atoms with van der Waals surface area (Å²) in [4.78, 5) is 2.42. The number of piperazine rings is 1. The van der Waals surface area contributed by atoms with Crippen LogP contribution in [0.25, 0.3) is 10.7 Å². The van der Waals surface area contributed by atoms with Gasteiger partial charge >= 0.3 is 0 Å². The standard InChI is InChI=1S/C13H15ClN2O/c14-11-2-1-3-12(10-4-9-17-13(10)11)16-7-5-15-6-8-16/h1-2,4,9,15H,3,5-8H2. The average molecular weight is 251 g/mol. The van der Waals surface area contributed by atoms with Crippen LogP contribution in [-0.4, -0.2) is 31.1 Å². The molecule has 1 N–H and O–H groups in total. The van der Waals surface area contributed by atoms with Crippen LogP contribution in [0.5, 0.6) is 0 Å². The highest BCUT2D eigenvalue weighted by molar-refractivity contribution is 6.47. The van der Waals surface area contributed by atoms with E-state index in [9.17, 15) is 0 Å². The van der Waals surface area contributed by atoms with E-state index in [1.54, 1.807) is 6.26 Å². The molecule has 2 heterocycles. The molecule has 2 aliphatic rings. The predicted octanol–water partition coefficient (Wildman–Crippen LogP) is 0.600. The zero-order valence-corrected chi connectivity index (χ0v) is 10.3. The van der Waals surface area contributed by atoms with E-state index in [1.807, 2.05) is 12.1 Å². The van der Waals surface area contributed by atoms with E-state index in [1.165, 1.54) is 5.70 Å². The molecular formula is C13H15ClN2O. The Bertz CT molecular complexity index is 552. The van der Waals surface area contributed by atoms with Crippen LogP contribution in [0.2, 0.25) is 0 Å². The summed E-state index contributed by atoms with van der Waals surface area (Å²) in [5.41, 5.74) is 2.12. The summed E-state index contributed by atoms with van der Waals surface area (Å²) < 4.78 is 5.49. The van der Waals surface area contributed by atoms with E-state index in [2.05, 4.69) is 16.3 Å². The lowest BCUT2D eigenvalue weighted by atomic mass is 10.2. The molecule has 0 atom stereocenters. The lowest BCUT2D eigenvalue weighted by Crippen LogP contribution is -2.44. The molecule has 1 aromatic heterocycles. The monoisotopic (exact) mass is 250 g/mol. The van der Waals surface area contributed by atoms with Crippen molar-refractivity contribution in [3.8, 4) is 0 Å². The molecule has 3 nitrogen and oxygen atoms in total. The molecule has 3 rings (SSSR count). The number of hydrogen-bond donors (Lipinski definition) is 1. The van der Waals surface area contributed by atoms with E-state index >= 15 is 0 Å². The van der Waals surface area contributed by atoms with Crippen LogP contribution in [0.1, 0.15) is 6.42 Å². The predicted molar refractivity (Wildman–Crippen MR) is 68.8 cm³/mol. The van der Waals surface area contributed by atoms with Crippen molar-refractivity contribution in [1.29, 1.82) is 0 Å². The Labute approximate surface area is 105 Å². The molecule has 0 unspecified atom stereocenters. The first-order chi connectivity index (χ1) is 8.36. The molecule has 0 aromatic carbocycles. The Hall–Kier alpha value is -1.19. The maximum Gasteiger partial charge on any atom is 0.154 e. The number of fused-ring (bicyclic) bond motifs is 1. The third-order valence-electron chi connectivity index (χ3n) is 3.27. The minimum Gasteiger partial charge on any atom is -0.463 e. The molecule has 1 aromatic rings. The second-order valence-electron chi connectivity index (χ2n) is 4.30. The third-order valence-corrected chi connectivity index (χ3v) is 3.56. The van der Waals surface area contributed by atoms with E-state index in [0.29, 0.717) is 5.03 Å². The van der Waals surface area contributed by atoms with Crippen LogP contribution in [0.15, 0.2) is 28.9 Å². The SMILES string of the molecule is ClC1=c2occc2=C(N2CCNCC2)CC=C1. The van der Waals surface area contributed by atoms with Gasteiger partial charge < -0.3 is 14.6 Å². The number of furan rings is 1. The normalized spacial score (nSPS) is 20.4. The van der Waals surface area contributed by atoms with Gasteiger partial charge in [0.25, 0.3) is 0 Å². The van der Waals surface area contributed by atoms with Crippen molar-refractivity contribution in [2.24, 2.45) is 0 Å². The van der Waals surface area contributed by atoms with Crippen LogP contribution in [0, 0.1) is 0 Å². The fourth-order valence-electron chi connectivity index (χ4n) is 2.42. The van der Waals surface area contributed by atoms with Gasteiger partial charge in [-0.25, -0.2) is 0 Å². The van der Waals surface area contributed by atoms with E-state index in [-0.39, 0.29) is 0 Å². The third kappa shape index (κ3) is 2.01. The first-order valence-corrected chi connectivity index (χ1v) is 6.33. The highest BCUT2D eigenvalue weighted by atomic mass is 35.5. The van der Waals surface area contributed by atoms with Crippen molar-refractivity contribution < 1.29 is 4.42 Å². The molecule has 0 amide bonds. The van der Waals surface area contributed by atoms with Gasteiger partial charge in [0.05, 0.1) is 11.3 Å². The van der Waals surface area contributed by atoms with Gasteiger partial charge in [0.1, 0.15) is 0 Å². The van der Waals surface area contributed by atoms with Crippen LogP contribution in [-0.2, 0) is 0 Å². The lowest BCUT2D eigenvalue weighted by molar-refractivity contribution is 0.332. The van der Waals surface area contributed by atoms with Crippen molar-refractivity contribution in [2.75, 3.05) is 26.2 Å². The molecule has 0 radical (unpaired) electrons. The van der Waals surface area contributed by atoms with Gasteiger partial charge in [-0.2, -0.15) is 0 Å². The zero-order valence-electron chi connectivity index (χ0n) is 9.58. The summed E-state index contributed by atoms with van der Waals surface area (Å²) in [6, 6.07) is 2.02. The highest BCUT2D eigenvalue weighted by Gasteiger charge is 2.15. The van der Waals surface area contributed by atoms with Gasteiger partial charge in [-0.05, 0) is 12.1 Å². The number of nitrogens with zero attached hydrogens (tertiary/aromatic N) is 1. The Balaban J connectivity index is 2.14. The van der Waals surface area contributed by atoms with Crippen LogP contribution >= 0.6 is 11.6 Å². The van der Waals surface area contributed by atoms with Crippen molar-refractivity contribution in [3.63, 3.8) is 0 Å². The van der Waals surface area contributed by atoms with Crippen molar-refractivity contribution in [1.82, 2.24) is 10.2 Å². The Morgan fingerprint density at radius 3 is 2.94 bits per heavy atom. The quantitative estimate of drug-likeness (QED) is 0.791. The molecule has 0 spiro atoms. The van der Waals surface area contributed by atoms with Crippen molar-refractivity contribution in [2.45, 2.75) is 6.42 Å². The largest absolute Gasteiger partial charge is 0.463 e. The highest BCUT2D eigenvalue weighted by Crippen LogP contribution is 2.14. The number of allylic oxidation sites excluding steroid dienone is 1. The summed E-state index contributed by atoms with van der Waals surface area (Å²) in [5, 5.41) is 5.20. The maximum absolute atomic E-state index is 6.19. The van der Waals surface area contributed by atoms with Crippen LogP contribution in [0.3, 0.4) is 0 Å². The summed E-state index contributed by atoms with van der Waals surface area (Å²) in [5.74, 6) is 0. The lowest BCUT2D eigenvalue weighted by Gasteiger charge is -2.31. The van der Waals surface area contributed by atoms with Crippen molar-refractivity contribution >= 4 is 22.3 Å². The summed E-state index contributed by atoms with van der Waals surface area (Å²) in [6.45, 7) is 4.17. The molecule has 0 saturated carbocycles. The molecule has 1 aliphatic heterocycles. The minimum atomic E-state index is 0.690. The summed E-state index contributed by atoms with van der Waals surface area (Å²) in [7, 11) is 0. The van der Waals surface area contributed by atoms with E-state index in [0.717, 1.165) is 43.2 Å². The smallest absolute Gasteiger partial charge is 0.154 e.